The molecule has 1 saturated carbocycles. The Balaban J connectivity index is 1.90. The highest BCUT2D eigenvalue weighted by molar-refractivity contribution is 5.83. The molecule has 0 saturated heterocycles. The van der Waals surface area contributed by atoms with Gasteiger partial charge in [-0.1, -0.05) is 12.1 Å². The van der Waals surface area contributed by atoms with E-state index in [-0.39, 0.29) is 17.7 Å². The van der Waals surface area contributed by atoms with Crippen molar-refractivity contribution < 1.29 is 9.90 Å². The van der Waals surface area contributed by atoms with Crippen LogP contribution in [-0.2, 0) is 11.2 Å². The fraction of sp³-hybridized carbons (Fsp3) is 0.500. The number of hydrogen-bond donors (Lipinski definition) is 2. The van der Waals surface area contributed by atoms with Gasteiger partial charge >= 0.3 is 0 Å². The number of carbonyl (C=O) groups is 1. The van der Waals surface area contributed by atoms with Crippen molar-refractivity contribution in [1.29, 1.82) is 0 Å². The summed E-state index contributed by atoms with van der Waals surface area (Å²) in [7, 11) is 0. The van der Waals surface area contributed by atoms with Crippen LogP contribution in [-0.4, -0.2) is 16.9 Å². The average Bonchev–Trinajstić information content (AvgIpc) is 2.33. The number of nitrogens with two attached hydrogens (primary N) is 1. The predicted molar refractivity (Wildman–Crippen MR) is 66.8 cm³/mol. The molecule has 92 valence electrons. The molecule has 3 heteroatoms. The molecule has 1 aliphatic carbocycles. The number of aromatic hydroxyl groups is 1. The molecule has 1 aliphatic rings. The van der Waals surface area contributed by atoms with E-state index in [0.29, 0.717) is 12.2 Å². The Hall–Kier alpha value is -1.35. The number of benzene rings is 1. The van der Waals surface area contributed by atoms with Crippen molar-refractivity contribution in [1.82, 2.24) is 0 Å². The molecule has 1 fully saturated rings. The predicted octanol–water partition coefficient (Wildman–Crippen LogP) is 2.02. The SMILES string of the molecule is NC1CCC(C(=O)Cc2ccc(O)cc2)CC1. The standard InChI is InChI=1S/C14H19NO2/c15-12-5-3-11(4-6-12)14(17)9-10-1-7-13(16)8-2-10/h1-2,7-8,11-12,16H,3-6,9,15H2. The first-order chi connectivity index (χ1) is 8.15. The van der Waals surface area contributed by atoms with Crippen LogP contribution in [0.15, 0.2) is 24.3 Å². The molecule has 1 aromatic carbocycles. The Morgan fingerprint density at radius 3 is 2.35 bits per heavy atom. The Labute approximate surface area is 102 Å². The first-order valence-electron chi connectivity index (χ1n) is 6.21. The molecule has 3 N–H and O–H groups in total. The van der Waals surface area contributed by atoms with E-state index in [1.807, 2.05) is 12.1 Å². The fourth-order valence-corrected chi connectivity index (χ4v) is 2.40. The zero-order chi connectivity index (χ0) is 12.3. The monoisotopic (exact) mass is 233 g/mol. The molecular formula is C14H19NO2. The third-order valence-electron chi connectivity index (χ3n) is 3.54. The number of hydrogen-bond acceptors (Lipinski definition) is 3. The summed E-state index contributed by atoms with van der Waals surface area (Å²) in [6, 6.07) is 7.15. The van der Waals surface area contributed by atoms with Gasteiger partial charge in [-0.2, -0.15) is 0 Å². The minimum absolute atomic E-state index is 0.184. The van der Waals surface area contributed by atoms with Crippen LogP contribution in [0.1, 0.15) is 31.2 Å². The van der Waals surface area contributed by atoms with E-state index in [2.05, 4.69) is 0 Å². The van der Waals surface area contributed by atoms with E-state index < -0.39 is 0 Å². The van der Waals surface area contributed by atoms with Crippen LogP contribution in [0, 0.1) is 5.92 Å². The number of Topliss-reactive ketones (excluding diaryl/α,β-unsaturated/α-hetero) is 1. The van der Waals surface area contributed by atoms with E-state index >= 15 is 0 Å². The molecule has 0 atom stereocenters. The lowest BCUT2D eigenvalue weighted by atomic mass is 9.82. The lowest BCUT2D eigenvalue weighted by Crippen LogP contribution is -2.30. The van der Waals surface area contributed by atoms with Crippen LogP contribution in [0.5, 0.6) is 5.75 Å². The highest BCUT2D eigenvalue weighted by atomic mass is 16.3. The highest BCUT2D eigenvalue weighted by Gasteiger charge is 2.24. The van der Waals surface area contributed by atoms with Gasteiger partial charge in [0.2, 0.25) is 0 Å². The third-order valence-corrected chi connectivity index (χ3v) is 3.54. The zero-order valence-corrected chi connectivity index (χ0v) is 9.93. The van der Waals surface area contributed by atoms with Gasteiger partial charge in [0.05, 0.1) is 0 Å². The third kappa shape index (κ3) is 3.30. The van der Waals surface area contributed by atoms with E-state index in [4.69, 9.17) is 10.8 Å². The van der Waals surface area contributed by atoms with E-state index in [1.54, 1.807) is 12.1 Å². The van der Waals surface area contributed by atoms with Crippen LogP contribution in [0.4, 0.5) is 0 Å². The minimum atomic E-state index is 0.184. The van der Waals surface area contributed by atoms with E-state index in [0.717, 1.165) is 31.2 Å². The molecular weight excluding hydrogens is 214 g/mol. The summed E-state index contributed by atoms with van der Waals surface area (Å²) in [5.74, 6) is 0.732. The normalized spacial score (nSPS) is 24.5. The molecule has 0 spiro atoms. The van der Waals surface area contributed by atoms with E-state index in [1.165, 1.54) is 0 Å². The summed E-state index contributed by atoms with van der Waals surface area (Å²) in [6.45, 7) is 0. The second kappa shape index (κ2) is 5.32. The second-order valence-corrected chi connectivity index (χ2v) is 4.92. The maximum atomic E-state index is 12.1. The van der Waals surface area contributed by atoms with Crippen molar-refractivity contribution >= 4 is 5.78 Å². The van der Waals surface area contributed by atoms with Crippen LogP contribution >= 0.6 is 0 Å². The van der Waals surface area contributed by atoms with Gasteiger partial charge in [-0.15, -0.1) is 0 Å². The molecule has 0 bridgehead atoms. The molecule has 17 heavy (non-hydrogen) atoms. The number of carbonyl (C=O) groups excluding carboxylic acids is 1. The summed E-state index contributed by atoms with van der Waals surface area (Å²) < 4.78 is 0. The zero-order valence-electron chi connectivity index (χ0n) is 9.93. The molecule has 0 radical (unpaired) electrons. The topological polar surface area (TPSA) is 63.3 Å². The highest BCUT2D eigenvalue weighted by Crippen LogP contribution is 2.25. The van der Waals surface area contributed by atoms with Crippen LogP contribution in [0.2, 0.25) is 0 Å². The first-order valence-corrected chi connectivity index (χ1v) is 6.21. The second-order valence-electron chi connectivity index (χ2n) is 4.92. The van der Waals surface area contributed by atoms with Gasteiger partial charge in [0.15, 0.2) is 0 Å². The van der Waals surface area contributed by atoms with E-state index in [9.17, 15) is 4.79 Å². The summed E-state index contributed by atoms with van der Waals surface area (Å²) in [5.41, 5.74) is 6.80. The lowest BCUT2D eigenvalue weighted by Gasteiger charge is -2.24. The van der Waals surface area contributed by atoms with Crippen LogP contribution in [0.25, 0.3) is 0 Å². The Kier molecular flexibility index (Phi) is 3.79. The van der Waals surface area contributed by atoms with Crippen molar-refractivity contribution in [2.24, 2.45) is 11.7 Å². The minimum Gasteiger partial charge on any atom is -0.508 e. The Bertz CT molecular complexity index is 378. The lowest BCUT2D eigenvalue weighted by molar-refractivity contribution is -0.123. The number of phenolic OH excluding ortho intramolecular Hbond substituents is 1. The van der Waals surface area contributed by atoms with Crippen molar-refractivity contribution in [3.05, 3.63) is 29.8 Å². The van der Waals surface area contributed by atoms with Crippen LogP contribution < -0.4 is 5.73 Å². The van der Waals surface area contributed by atoms with Crippen LogP contribution in [0.3, 0.4) is 0 Å². The van der Waals surface area contributed by atoms with Gasteiger partial charge in [0.1, 0.15) is 11.5 Å². The smallest absolute Gasteiger partial charge is 0.140 e. The van der Waals surface area contributed by atoms with Crippen molar-refractivity contribution in [3.8, 4) is 5.75 Å². The van der Waals surface area contributed by atoms with Crippen molar-refractivity contribution in [3.63, 3.8) is 0 Å². The maximum Gasteiger partial charge on any atom is 0.140 e. The van der Waals surface area contributed by atoms with Gasteiger partial charge in [-0.3, -0.25) is 4.79 Å². The molecule has 0 unspecified atom stereocenters. The summed E-state index contributed by atoms with van der Waals surface area (Å²) in [5, 5.41) is 9.17. The molecule has 2 rings (SSSR count). The molecule has 3 nitrogen and oxygen atoms in total. The van der Waals surface area contributed by atoms with Crippen molar-refractivity contribution in [2.45, 2.75) is 38.1 Å². The van der Waals surface area contributed by atoms with Gasteiger partial charge in [-0.25, -0.2) is 0 Å². The molecule has 0 aromatic heterocycles. The Morgan fingerprint density at radius 2 is 1.76 bits per heavy atom. The van der Waals surface area contributed by atoms with Gasteiger partial charge < -0.3 is 10.8 Å². The summed E-state index contributed by atoms with van der Waals surface area (Å²) in [4.78, 5) is 12.1. The summed E-state index contributed by atoms with van der Waals surface area (Å²) in [6.07, 6.45) is 4.26. The number of rotatable bonds is 3. The average molecular weight is 233 g/mol. The summed E-state index contributed by atoms with van der Waals surface area (Å²) >= 11 is 0. The molecule has 1 aromatic rings. The molecule has 0 aliphatic heterocycles. The fourth-order valence-electron chi connectivity index (χ4n) is 2.40. The molecule has 0 amide bonds. The maximum absolute atomic E-state index is 12.1. The van der Waals surface area contributed by atoms with Gasteiger partial charge in [0, 0.05) is 18.4 Å². The van der Waals surface area contributed by atoms with Gasteiger partial charge in [-0.05, 0) is 43.4 Å². The number of ketones is 1. The largest absolute Gasteiger partial charge is 0.508 e. The van der Waals surface area contributed by atoms with Crippen molar-refractivity contribution in [2.75, 3.05) is 0 Å². The molecule has 0 heterocycles. The quantitative estimate of drug-likeness (QED) is 0.839. The van der Waals surface area contributed by atoms with Gasteiger partial charge in [0.25, 0.3) is 0 Å². The number of phenols is 1. The first kappa shape index (κ1) is 12.1. The Morgan fingerprint density at radius 1 is 1.18 bits per heavy atom.